The summed E-state index contributed by atoms with van der Waals surface area (Å²) in [4.78, 5) is 25.4. The van der Waals surface area contributed by atoms with E-state index in [1.54, 1.807) is 51.9 Å². The molecule has 33 heavy (non-hydrogen) atoms. The Morgan fingerprint density at radius 1 is 0.939 bits per heavy atom. The van der Waals surface area contributed by atoms with Crippen LogP contribution < -0.4 is 25.1 Å². The fourth-order valence-corrected chi connectivity index (χ4v) is 3.46. The number of nitrogens with one attached hydrogen (secondary N) is 1. The number of amides is 1. The molecule has 4 rings (SSSR count). The predicted molar refractivity (Wildman–Crippen MR) is 123 cm³/mol. The Labute approximate surface area is 190 Å². The second-order valence-electron chi connectivity index (χ2n) is 7.29. The normalized spacial score (nSPS) is 10.8. The van der Waals surface area contributed by atoms with E-state index in [1.807, 2.05) is 30.3 Å². The quantitative estimate of drug-likeness (QED) is 0.445. The Hall–Kier alpha value is -4.27. The first-order chi connectivity index (χ1) is 16.0. The summed E-state index contributed by atoms with van der Waals surface area (Å²) in [6.45, 7) is 0.191. The average Bonchev–Trinajstić information content (AvgIpc) is 3.29. The second-order valence-corrected chi connectivity index (χ2v) is 7.29. The summed E-state index contributed by atoms with van der Waals surface area (Å²) >= 11 is 0. The van der Waals surface area contributed by atoms with Gasteiger partial charge in [-0.1, -0.05) is 6.07 Å². The van der Waals surface area contributed by atoms with Crippen LogP contribution in [0.2, 0.25) is 0 Å². The van der Waals surface area contributed by atoms with Gasteiger partial charge in [0.15, 0.2) is 11.5 Å². The highest BCUT2D eigenvalue weighted by Gasteiger charge is 2.12. The van der Waals surface area contributed by atoms with E-state index in [0.29, 0.717) is 29.3 Å². The van der Waals surface area contributed by atoms with E-state index in [1.165, 1.54) is 9.08 Å². The van der Waals surface area contributed by atoms with Gasteiger partial charge in [0.05, 0.1) is 27.0 Å². The summed E-state index contributed by atoms with van der Waals surface area (Å²) in [7, 11) is 4.72. The predicted octanol–water partition coefficient (Wildman–Crippen LogP) is 2.51. The van der Waals surface area contributed by atoms with Gasteiger partial charge in [-0.25, -0.2) is 4.52 Å². The van der Waals surface area contributed by atoms with Crippen LogP contribution in [0.3, 0.4) is 0 Å². The molecule has 0 radical (unpaired) electrons. The van der Waals surface area contributed by atoms with Crippen molar-refractivity contribution in [2.45, 2.75) is 13.1 Å². The summed E-state index contributed by atoms with van der Waals surface area (Å²) in [6.07, 6.45) is 3.21. The molecule has 0 saturated heterocycles. The number of methoxy groups -OCH3 is 3. The molecule has 1 N–H and O–H groups in total. The standard InChI is InChI=1S/C24H24N4O5/c1-31-18-7-5-17(6-8-18)19-13-20-24(30)27(10-11-28(20)26-19)15-23(29)25-14-16-4-9-21(32-2)22(12-16)33-3/h4-13H,14-15H2,1-3H3,(H,25,29). The Morgan fingerprint density at radius 3 is 2.39 bits per heavy atom. The van der Waals surface area contributed by atoms with Crippen molar-refractivity contribution < 1.29 is 19.0 Å². The molecule has 9 heteroatoms. The SMILES string of the molecule is COc1ccc(-c2cc3c(=O)n(CC(=O)NCc4ccc(OC)c(OC)c4)ccn3n2)cc1. The minimum Gasteiger partial charge on any atom is -0.497 e. The molecule has 2 heterocycles. The molecule has 0 aliphatic rings. The highest BCUT2D eigenvalue weighted by Crippen LogP contribution is 2.27. The molecule has 0 aliphatic carbocycles. The molecule has 0 bridgehead atoms. The molecule has 0 aliphatic heterocycles. The maximum atomic E-state index is 12.9. The third-order valence-electron chi connectivity index (χ3n) is 5.24. The first kappa shape index (κ1) is 21.9. The molecular formula is C24H24N4O5. The third kappa shape index (κ3) is 4.67. The van der Waals surface area contributed by atoms with Gasteiger partial charge in [-0.15, -0.1) is 0 Å². The lowest BCUT2D eigenvalue weighted by Gasteiger charge is -2.11. The highest BCUT2D eigenvalue weighted by atomic mass is 16.5. The van der Waals surface area contributed by atoms with Gasteiger partial charge >= 0.3 is 0 Å². The zero-order valence-electron chi connectivity index (χ0n) is 18.6. The average molecular weight is 448 g/mol. The van der Waals surface area contributed by atoms with Gasteiger partial charge in [-0.3, -0.25) is 9.59 Å². The minimum atomic E-state index is -0.300. The van der Waals surface area contributed by atoms with Crippen LogP contribution in [0.25, 0.3) is 16.8 Å². The lowest BCUT2D eigenvalue weighted by Crippen LogP contribution is -2.32. The number of hydrogen-bond donors (Lipinski definition) is 1. The van der Waals surface area contributed by atoms with Crippen molar-refractivity contribution in [2.75, 3.05) is 21.3 Å². The number of nitrogens with zero attached hydrogens (tertiary/aromatic N) is 3. The van der Waals surface area contributed by atoms with Crippen molar-refractivity contribution in [1.29, 1.82) is 0 Å². The fraction of sp³-hybridized carbons (Fsp3) is 0.208. The number of carbonyl (C=O) groups is 1. The van der Waals surface area contributed by atoms with Crippen molar-refractivity contribution in [1.82, 2.24) is 19.5 Å². The molecular weight excluding hydrogens is 424 g/mol. The maximum Gasteiger partial charge on any atom is 0.277 e. The zero-order chi connectivity index (χ0) is 23.4. The molecule has 0 fully saturated rings. The number of fused-ring (bicyclic) bond motifs is 1. The number of aromatic nitrogens is 3. The molecule has 0 saturated carbocycles. The van der Waals surface area contributed by atoms with E-state index in [-0.39, 0.29) is 18.0 Å². The maximum absolute atomic E-state index is 12.9. The molecule has 0 spiro atoms. The molecule has 2 aromatic heterocycles. The van der Waals surface area contributed by atoms with Crippen molar-refractivity contribution in [3.8, 4) is 28.5 Å². The van der Waals surface area contributed by atoms with E-state index >= 15 is 0 Å². The number of hydrogen-bond acceptors (Lipinski definition) is 6. The molecule has 2 aromatic carbocycles. The van der Waals surface area contributed by atoms with Crippen LogP contribution in [0.5, 0.6) is 17.2 Å². The molecule has 1 amide bonds. The van der Waals surface area contributed by atoms with Crippen LogP contribution >= 0.6 is 0 Å². The van der Waals surface area contributed by atoms with Crippen molar-refractivity contribution >= 4 is 11.4 Å². The van der Waals surface area contributed by atoms with E-state index in [2.05, 4.69) is 10.4 Å². The molecule has 170 valence electrons. The van der Waals surface area contributed by atoms with E-state index in [9.17, 15) is 9.59 Å². The summed E-state index contributed by atoms with van der Waals surface area (Å²) in [6, 6.07) is 14.5. The first-order valence-corrected chi connectivity index (χ1v) is 10.2. The third-order valence-corrected chi connectivity index (χ3v) is 5.24. The van der Waals surface area contributed by atoms with Crippen molar-refractivity contribution in [2.24, 2.45) is 0 Å². The van der Waals surface area contributed by atoms with Crippen LogP contribution in [0, 0.1) is 0 Å². The van der Waals surface area contributed by atoms with E-state index in [0.717, 1.165) is 16.9 Å². The monoisotopic (exact) mass is 448 g/mol. The number of benzene rings is 2. The van der Waals surface area contributed by atoms with E-state index < -0.39 is 0 Å². The Morgan fingerprint density at radius 2 is 1.70 bits per heavy atom. The van der Waals surface area contributed by atoms with Gasteiger partial charge < -0.3 is 24.1 Å². The lowest BCUT2D eigenvalue weighted by atomic mass is 10.1. The molecule has 0 unspecified atom stereocenters. The largest absolute Gasteiger partial charge is 0.497 e. The van der Waals surface area contributed by atoms with Crippen LogP contribution in [-0.2, 0) is 17.9 Å². The number of carbonyl (C=O) groups excluding carboxylic acids is 1. The van der Waals surface area contributed by atoms with Gasteiger partial charge in [0.1, 0.15) is 17.8 Å². The molecule has 9 nitrogen and oxygen atoms in total. The fourth-order valence-electron chi connectivity index (χ4n) is 3.46. The second kappa shape index (κ2) is 9.47. The highest BCUT2D eigenvalue weighted by molar-refractivity contribution is 5.76. The Balaban J connectivity index is 1.47. The summed E-state index contributed by atoms with van der Waals surface area (Å²) in [5.41, 5.74) is 2.45. The van der Waals surface area contributed by atoms with Crippen LogP contribution in [0.15, 0.2) is 65.7 Å². The Kier molecular flexibility index (Phi) is 6.30. The van der Waals surface area contributed by atoms with Crippen LogP contribution in [0.4, 0.5) is 0 Å². The summed E-state index contributed by atoms with van der Waals surface area (Å²) < 4.78 is 18.6. The van der Waals surface area contributed by atoms with Crippen molar-refractivity contribution in [3.63, 3.8) is 0 Å². The smallest absolute Gasteiger partial charge is 0.277 e. The summed E-state index contributed by atoms with van der Waals surface area (Å²) in [5, 5.41) is 7.29. The first-order valence-electron chi connectivity index (χ1n) is 10.2. The molecule has 4 aromatic rings. The van der Waals surface area contributed by atoms with Crippen LogP contribution in [-0.4, -0.2) is 41.4 Å². The van der Waals surface area contributed by atoms with Crippen LogP contribution in [0.1, 0.15) is 5.56 Å². The van der Waals surface area contributed by atoms with E-state index in [4.69, 9.17) is 14.2 Å². The van der Waals surface area contributed by atoms with Gasteiger partial charge in [0, 0.05) is 24.5 Å². The molecule has 0 atom stereocenters. The van der Waals surface area contributed by atoms with Crippen molar-refractivity contribution in [3.05, 3.63) is 76.8 Å². The summed E-state index contributed by atoms with van der Waals surface area (Å²) in [5.74, 6) is 1.65. The van der Waals surface area contributed by atoms with Gasteiger partial charge in [-0.05, 0) is 48.0 Å². The minimum absolute atomic E-state index is 0.105. The van der Waals surface area contributed by atoms with Gasteiger partial charge in [0.2, 0.25) is 5.91 Å². The Bertz CT molecular complexity index is 1340. The van der Waals surface area contributed by atoms with Gasteiger partial charge in [0.25, 0.3) is 5.56 Å². The lowest BCUT2D eigenvalue weighted by molar-refractivity contribution is -0.121. The number of ether oxygens (including phenoxy) is 3. The zero-order valence-corrected chi connectivity index (χ0v) is 18.6. The van der Waals surface area contributed by atoms with Gasteiger partial charge in [-0.2, -0.15) is 5.10 Å². The number of rotatable bonds is 8. The topological polar surface area (TPSA) is 96.1 Å².